The predicted molar refractivity (Wildman–Crippen MR) is 165 cm³/mol. The van der Waals surface area contributed by atoms with Crippen LogP contribution in [0, 0.1) is 13.8 Å². The van der Waals surface area contributed by atoms with Gasteiger partial charge in [-0.05, 0) is 64.3 Å². The van der Waals surface area contributed by atoms with E-state index in [2.05, 4.69) is 100 Å². The lowest BCUT2D eigenvalue weighted by Crippen LogP contribution is -2.53. The molecule has 4 heteroatoms. The Labute approximate surface area is 228 Å². The van der Waals surface area contributed by atoms with Crippen LogP contribution < -0.4 is 9.92 Å². The Kier molecular flexibility index (Phi) is 7.31. The molecule has 0 saturated carbocycles. The highest BCUT2D eigenvalue weighted by Crippen LogP contribution is 2.57. The number of benzene rings is 1. The summed E-state index contributed by atoms with van der Waals surface area (Å²) in [5.74, 6) is 1.14. The van der Waals surface area contributed by atoms with Crippen molar-refractivity contribution < 1.29 is 4.74 Å². The number of hydrogen-bond donors (Lipinski definition) is 0. The van der Waals surface area contributed by atoms with Crippen molar-refractivity contribution in [2.24, 2.45) is 0 Å². The van der Waals surface area contributed by atoms with E-state index in [1.807, 2.05) is 28.7 Å². The van der Waals surface area contributed by atoms with Crippen LogP contribution in [-0.4, -0.2) is 14.7 Å². The highest BCUT2D eigenvalue weighted by molar-refractivity contribution is 7.23. The first-order chi connectivity index (χ1) is 16.8. The summed E-state index contributed by atoms with van der Waals surface area (Å²) >= 11 is 3.98. The number of hydrogen-bond acceptors (Lipinski definition) is 3. The molecule has 3 aromatic rings. The van der Waals surface area contributed by atoms with Gasteiger partial charge in [0.15, 0.2) is 0 Å². The molecule has 36 heavy (non-hydrogen) atoms. The average molecular weight is 537 g/mol. The minimum atomic E-state index is -2.12. The number of thiophene rings is 2. The summed E-state index contributed by atoms with van der Waals surface area (Å²) in [5, 5.41) is 1.52. The van der Waals surface area contributed by atoms with Gasteiger partial charge >= 0.3 is 0 Å². The van der Waals surface area contributed by atoms with Gasteiger partial charge < -0.3 is 4.74 Å². The van der Waals surface area contributed by atoms with Gasteiger partial charge in [-0.1, -0.05) is 92.3 Å². The van der Waals surface area contributed by atoms with E-state index in [1.165, 1.54) is 47.9 Å². The minimum Gasteiger partial charge on any atom is -0.489 e. The molecule has 0 unspecified atom stereocenters. The minimum absolute atomic E-state index is 0.0158. The van der Waals surface area contributed by atoms with Crippen molar-refractivity contribution in [3.8, 4) is 15.5 Å². The summed E-state index contributed by atoms with van der Waals surface area (Å²) in [7, 11) is -2.12. The Hall–Kier alpha value is -1.62. The number of rotatable bonds is 7. The molecule has 1 nitrogen and oxygen atoms in total. The monoisotopic (exact) mass is 536 g/mol. The fraction of sp³-hybridized carbons (Fsp3) is 0.500. The molecule has 0 radical (unpaired) electrons. The molecule has 2 heterocycles. The molecule has 0 aliphatic heterocycles. The van der Waals surface area contributed by atoms with Crippen LogP contribution in [0.1, 0.15) is 92.9 Å². The Morgan fingerprint density at radius 3 is 1.81 bits per heavy atom. The zero-order chi connectivity index (χ0) is 26.6. The van der Waals surface area contributed by atoms with Gasteiger partial charge in [-0.25, -0.2) is 0 Å². The molecule has 2 aromatic heterocycles. The predicted octanol–water partition coefficient (Wildman–Crippen LogP) is 9.63. The summed E-state index contributed by atoms with van der Waals surface area (Å²) in [4.78, 5) is 5.92. The highest BCUT2D eigenvalue weighted by atomic mass is 32.1. The lowest BCUT2D eigenvalue weighted by molar-refractivity contribution is 0.353. The Bertz CT molecular complexity index is 1230. The highest BCUT2D eigenvalue weighted by Gasteiger charge is 2.50. The Morgan fingerprint density at radius 1 is 0.861 bits per heavy atom. The van der Waals surface area contributed by atoms with Crippen molar-refractivity contribution in [1.82, 2.24) is 0 Å². The van der Waals surface area contributed by atoms with Gasteiger partial charge in [0.1, 0.15) is 20.4 Å². The number of fused-ring (bicyclic) bond motifs is 3. The van der Waals surface area contributed by atoms with Gasteiger partial charge in [0.05, 0.1) is 0 Å². The fourth-order valence-corrected chi connectivity index (χ4v) is 13.7. The van der Waals surface area contributed by atoms with E-state index in [4.69, 9.17) is 4.74 Å². The van der Waals surface area contributed by atoms with Crippen molar-refractivity contribution in [3.63, 3.8) is 0 Å². The van der Waals surface area contributed by atoms with Gasteiger partial charge in [-0.15, -0.1) is 22.7 Å². The third kappa shape index (κ3) is 4.48. The van der Waals surface area contributed by atoms with Crippen LogP contribution in [0.5, 0.6) is 5.75 Å². The Morgan fingerprint density at radius 2 is 1.39 bits per heavy atom. The molecule has 0 fully saturated rings. The van der Waals surface area contributed by atoms with Crippen molar-refractivity contribution in [2.75, 3.05) is 6.61 Å². The largest absolute Gasteiger partial charge is 0.489 e. The maximum atomic E-state index is 6.69. The second-order valence-electron chi connectivity index (χ2n) is 12.6. The molecule has 0 amide bonds. The van der Waals surface area contributed by atoms with Crippen molar-refractivity contribution in [1.29, 1.82) is 0 Å². The van der Waals surface area contributed by atoms with E-state index in [0.29, 0.717) is 12.1 Å². The molecular formula is C32H44OS2Si. The van der Waals surface area contributed by atoms with Crippen LogP contribution in [0.3, 0.4) is 0 Å². The molecule has 194 valence electrons. The molecule has 1 aliphatic rings. The van der Waals surface area contributed by atoms with Crippen molar-refractivity contribution in [3.05, 3.63) is 68.9 Å². The summed E-state index contributed by atoms with van der Waals surface area (Å²) in [5.41, 5.74) is 6.46. The normalized spacial score (nSPS) is 14.2. The first kappa shape index (κ1) is 27.4. The molecular weight excluding hydrogens is 493 g/mol. The van der Waals surface area contributed by atoms with E-state index in [9.17, 15) is 0 Å². The smallest absolute Gasteiger partial charge is 0.122 e. The number of ether oxygens (including phenoxy) is 1. The van der Waals surface area contributed by atoms with E-state index in [-0.39, 0.29) is 10.8 Å². The molecule has 0 saturated heterocycles. The van der Waals surface area contributed by atoms with Crippen LogP contribution in [-0.2, 0) is 10.8 Å². The van der Waals surface area contributed by atoms with E-state index in [1.54, 1.807) is 11.1 Å². The zero-order valence-corrected chi connectivity index (χ0v) is 26.7. The van der Waals surface area contributed by atoms with Crippen LogP contribution in [0.4, 0.5) is 0 Å². The molecule has 1 aliphatic carbocycles. The molecule has 0 bridgehead atoms. The fourth-order valence-electron chi connectivity index (χ4n) is 6.10. The Balaban J connectivity index is 2.11. The first-order valence-corrected chi connectivity index (χ1v) is 17.5. The standard InChI is InChI=1S/C32H44OS2Si/c1-12-15-33-27-25(32(9,10)11)18-22(31(6,7)8)19-26(27)36(13-2,14-3)30-23-16-20(4)34-28(23)29-24(30)17-21(5)35-29/h12,16-19,30H,1,13-15H2,2-11H3. The van der Waals surface area contributed by atoms with E-state index < -0.39 is 8.07 Å². The van der Waals surface area contributed by atoms with Crippen molar-refractivity contribution >= 4 is 35.9 Å². The molecule has 0 spiro atoms. The average Bonchev–Trinajstić information content (AvgIpc) is 3.42. The summed E-state index contributed by atoms with van der Waals surface area (Å²) in [6.45, 7) is 28.0. The number of aryl methyl sites for hydroxylation is 2. The zero-order valence-electron chi connectivity index (χ0n) is 24.0. The maximum absolute atomic E-state index is 6.69. The third-order valence-electron chi connectivity index (χ3n) is 8.06. The van der Waals surface area contributed by atoms with Crippen LogP contribution in [0.25, 0.3) is 9.75 Å². The SMILES string of the molecule is C=CCOc1c(C(C)(C)C)cc(C(C)(C)C)cc1[Si](CC)(CC)C1c2cc(C)sc2-c2sc(C)cc21. The van der Waals surface area contributed by atoms with E-state index in [0.717, 1.165) is 5.75 Å². The van der Waals surface area contributed by atoms with Gasteiger partial charge in [0, 0.05) is 25.0 Å². The topological polar surface area (TPSA) is 9.23 Å². The molecule has 0 N–H and O–H groups in total. The van der Waals surface area contributed by atoms with Crippen LogP contribution in [0.2, 0.25) is 12.1 Å². The first-order valence-electron chi connectivity index (χ1n) is 13.4. The van der Waals surface area contributed by atoms with Crippen molar-refractivity contribution in [2.45, 2.75) is 97.7 Å². The quantitative estimate of drug-likeness (QED) is 0.216. The van der Waals surface area contributed by atoms with Crippen LogP contribution >= 0.6 is 22.7 Å². The van der Waals surface area contributed by atoms with E-state index >= 15 is 0 Å². The molecule has 4 rings (SSSR count). The van der Waals surface area contributed by atoms with Gasteiger partial charge in [-0.3, -0.25) is 0 Å². The summed E-state index contributed by atoms with van der Waals surface area (Å²) in [6.07, 6.45) is 1.89. The maximum Gasteiger partial charge on any atom is 0.122 e. The summed E-state index contributed by atoms with van der Waals surface area (Å²) in [6, 6.07) is 12.4. The second kappa shape index (κ2) is 9.60. The molecule has 1 aromatic carbocycles. The summed E-state index contributed by atoms with van der Waals surface area (Å²) < 4.78 is 6.69. The third-order valence-corrected chi connectivity index (χ3v) is 16.0. The lowest BCUT2D eigenvalue weighted by Gasteiger charge is -2.40. The molecule has 0 atom stereocenters. The van der Waals surface area contributed by atoms with Gasteiger partial charge in [0.25, 0.3) is 0 Å². The van der Waals surface area contributed by atoms with Gasteiger partial charge in [-0.2, -0.15) is 0 Å². The van der Waals surface area contributed by atoms with Gasteiger partial charge in [0.2, 0.25) is 0 Å². The second-order valence-corrected chi connectivity index (χ2v) is 19.9. The van der Waals surface area contributed by atoms with Crippen LogP contribution in [0.15, 0.2) is 36.9 Å². The lowest BCUT2D eigenvalue weighted by atomic mass is 9.80.